The summed E-state index contributed by atoms with van der Waals surface area (Å²) in [5.74, 6) is 2.69. The van der Waals surface area contributed by atoms with Crippen molar-refractivity contribution in [3.63, 3.8) is 0 Å². The van der Waals surface area contributed by atoms with Crippen molar-refractivity contribution in [2.75, 3.05) is 0 Å². The van der Waals surface area contributed by atoms with Crippen LogP contribution in [0.4, 0.5) is 4.79 Å². The van der Waals surface area contributed by atoms with Crippen LogP contribution in [-0.4, -0.2) is 28.7 Å². The Morgan fingerprint density at radius 2 is 2.13 bits per heavy atom. The minimum absolute atomic E-state index is 0.132. The highest BCUT2D eigenvalue weighted by Crippen LogP contribution is 2.39. The number of carbonyl (C=O) groups is 1. The van der Waals surface area contributed by atoms with Gasteiger partial charge in [-0.2, -0.15) is 0 Å². The second-order valence-corrected chi connectivity index (χ2v) is 7.31. The molecule has 0 aliphatic carbocycles. The Kier molecular flexibility index (Phi) is 3.93. The van der Waals surface area contributed by atoms with E-state index in [1.54, 1.807) is 0 Å². The van der Waals surface area contributed by atoms with Gasteiger partial charge in [-0.05, 0) is 63.3 Å². The standard InChI is InChI=1S/C20H23NO2/c1-5-14-7-6-8-15(11-14)16-12-17-9-10-18(13-16)21(17)19(22)23-20(2,3)4/h1,6-8,11-12,17-18H,9-10,13H2,2-4H3. The summed E-state index contributed by atoms with van der Waals surface area (Å²) in [7, 11) is 0. The minimum atomic E-state index is -0.457. The molecule has 1 aromatic carbocycles. The molecule has 3 heteroatoms. The molecule has 2 aliphatic rings. The van der Waals surface area contributed by atoms with E-state index in [0.717, 1.165) is 24.8 Å². The second-order valence-electron chi connectivity index (χ2n) is 7.31. The highest BCUT2D eigenvalue weighted by Gasteiger charge is 2.41. The second kappa shape index (κ2) is 5.77. The van der Waals surface area contributed by atoms with Gasteiger partial charge in [0.15, 0.2) is 0 Å². The zero-order valence-corrected chi connectivity index (χ0v) is 14.0. The van der Waals surface area contributed by atoms with Crippen LogP contribution in [0, 0.1) is 12.3 Å². The molecule has 2 heterocycles. The first-order chi connectivity index (χ1) is 10.9. The number of hydrogen-bond acceptors (Lipinski definition) is 2. The molecule has 1 amide bonds. The van der Waals surface area contributed by atoms with Crippen molar-refractivity contribution < 1.29 is 9.53 Å². The fraction of sp³-hybridized carbons (Fsp3) is 0.450. The quantitative estimate of drug-likeness (QED) is 0.727. The molecule has 0 N–H and O–H groups in total. The largest absolute Gasteiger partial charge is 0.444 e. The molecule has 3 nitrogen and oxygen atoms in total. The summed E-state index contributed by atoms with van der Waals surface area (Å²) in [6.45, 7) is 5.72. The minimum Gasteiger partial charge on any atom is -0.444 e. The lowest BCUT2D eigenvalue weighted by atomic mass is 9.94. The predicted molar refractivity (Wildman–Crippen MR) is 91.9 cm³/mol. The molecule has 1 saturated heterocycles. The normalized spacial score (nSPS) is 23.2. The molecule has 2 aliphatic heterocycles. The third-order valence-corrected chi connectivity index (χ3v) is 4.40. The van der Waals surface area contributed by atoms with Crippen molar-refractivity contribution in [2.24, 2.45) is 0 Å². The predicted octanol–water partition coefficient (Wildman–Crippen LogP) is 4.22. The molecule has 2 bridgehead atoms. The van der Waals surface area contributed by atoms with Crippen LogP contribution in [0.25, 0.3) is 5.57 Å². The number of amides is 1. The summed E-state index contributed by atoms with van der Waals surface area (Å²) in [4.78, 5) is 14.4. The van der Waals surface area contributed by atoms with E-state index in [1.165, 1.54) is 11.1 Å². The average Bonchev–Trinajstić information content (AvgIpc) is 2.76. The van der Waals surface area contributed by atoms with Crippen LogP contribution in [0.3, 0.4) is 0 Å². The molecule has 0 aromatic heterocycles. The van der Waals surface area contributed by atoms with Gasteiger partial charge >= 0.3 is 6.09 Å². The number of ether oxygens (including phenoxy) is 1. The maximum atomic E-state index is 12.5. The van der Waals surface area contributed by atoms with Gasteiger partial charge in [-0.25, -0.2) is 4.79 Å². The van der Waals surface area contributed by atoms with Gasteiger partial charge in [0.25, 0.3) is 0 Å². The van der Waals surface area contributed by atoms with Gasteiger partial charge in [0.2, 0.25) is 0 Å². The Balaban J connectivity index is 1.83. The van der Waals surface area contributed by atoms with Gasteiger partial charge in [0.05, 0.1) is 6.04 Å². The van der Waals surface area contributed by atoms with E-state index in [-0.39, 0.29) is 18.2 Å². The third-order valence-electron chi connectivity index (χ3n) is 4.40. The molecule has 1 fully saturated rings. The van der Waals surface area contributed by atoms with E-state index in [0.29, 0.717) is 0 Å². The monoisotopic (exact) mass is 309 g/mol. The molecule has 1 aromatic rings. The topological polar surface area (TPSA) is 29.5 Å². The van der Waals surface area contributed by atoms with Crippen molar-refractivity contribution in [1.82, 2.24) is 4.90 Å². The fourth-order valence-electron chi connectivity index (χ4n) is 3.45. The van der Waals surface area contributed by atoms with Crippen LogP contribution >= 0.6 is 0 Å². The Morgan fingerprint density at radius 1 is 1.35 bits per heavy atom. The van der Waals surface area contributed by atoms with Gasteiger partial charge in [-0.15, -0.1) is 6.42 Å². The molecule has 2 unspecified atom stereocenters. The number of carbonyl (C=O) groups excluding carboxylic acids is 1. The summed E-state index contributed by atoms with van der Waals surface area (Å²) in [6.07, 6.45) is 10.4. The van der Waals surface area contributed by atoms with Crippen molar-refractivity contribution >= 4 is 11.7 Å². The van der Waals surface area contributed by atoms with Crippen LogP contribution in [0.2, 0.25) is 0 Å². The highest BCUT2D eigenvalue weighted by atomic mass is 16.6. The van der Waals surface area contributed by atoms with Gasteiger partial charge in [-0.3, -0.25) is 4.90 Å². The summed E-state index contributed by atoms with van der Waals surface area (Å²) < 4.78 is 5.57. The van der Waals surface area contributed by atoms with Crippen molar-refractivity contribution in [3.8, 4) is 12.3 Å². The first-order valence-electron chi connectivity index (χ1n) is 8.16. The number of hydrogen-bond donors (Lipinski definition) is 0. The molecular formula is C20H23NO2. The van der Waals surface area contributed by atoms with Crippen molar-refractivity contribution in [3.05, 3.63) is 41.5 Å². The lowest BCUT2D eigenvalue weighted by Crippen LogP contribution is -2.45. The number of rotatable bonds is 1. The van der Waals surface area contributed by atoms with Gasteiger partial charge in [-0.1, -0.05) is 24.1 Å². The molecule has 0 spiro atoms. The Bertz CT molecular complexity index is 690. The summed E-state index contributed by atoms with van der Waals surface area (Å²) in [6, 6.07) is 8.43. The first-order valence-corrected chi connectivity index (χ1v) is 8.16. The molecule has 0 radical (unpaired) electrons. The van der Waals surface area contributed by atoms with Gasteiger partial charge < -0.3 is 4.74 Å². The Labute approximate surface area is 138 Å². The SMILES string of the molecule is C#Cc1cccc(C2=CC3CCC(C2)N3C(=O)OC(C)(C)C)c1. The smallest absolute Gasteiger partial charge is 0.411 e. The van der Waals surface area contributed by atoms with E-state index < -0.39 is 5.60 Å². The average molecular weight is 309 g/mol. The third kappa shape index (κ3) is 3.27. The highest BCUT2D eigenvalue weighted by molar-refractivity contribution is 5.75. The van der Waals surface area contributed by atoms with E-state index in [9.17, 15) is 4.79 Å². The van der Waals surface area contributed by atoms with Gasteiger partial charge in [0.1, 0.15) is 5.60 Å². The van der Waals surface area contributed by atoms with Crippen LogP contribution in [0.1, 0.15) is 51.2 Å². The maximum absolute atomic E-state index is 12.5. The van der Waals surface area contributed by atoms with Crippen molar-refractivity contribution in [1.29, 1.82) is 0 Å². The molecule has 23 heavy (non-hydrogen) atoms. The first kappa shape index (κ1) is 15.7. The van der Waals surface area contributed by atoms with Crippen molar-refractivity contribution in [2.45, 2.75) is 57.7 Å². The fourth-order valence-corrected chi connectivity index (χ4v) is 3.45. The summed E-state index contributed by atoms with van der Waals surface area (Å²) in [5.41, 5.74) is 2.89. The number of terminal acetylenes is 1. The van der Waals surface area contributed by atoms with E-state index in [4.69, 9.17) is 11.2 Å². The molecule has 0 saturated carbocycles. The lowest BCUT2D eigenvalue weighted by Gasteiger charge is -2.35. The van der Waals surface area contributed by atoms with Crippen LogP contribution in [-0.2, 0) is 4.74 Å². The van der Waals surface area contributed by atoms with Gasteiger partial charge in [0, 0.05) is 11.6 Å². The Hall–Kier alpha value is -2.21. The molecule has 2 atom stereocenters. The molecule has 120 valence electrons. The number of benzene rings is 1. The summed E-state index contributed by atoms with van der Waals surface area (Å²) in [5, 5.41) is 0. The summed E-state index contributed by atoms with van der Waals surface area (Å²) >= 11 is 0. The van der Waals surface area contributed by atoms with E-state index in [1.807, 2.05) is 37.8 Å². The van der Waals surface area contributed by atoms with Crippen LogP contribution in [0.5, 0.6) is 0 Å². The molecular weight excluding hydrogens is 286 g/mol. The number of nitrogens with zero attached hydrogens (tertiary/aromatic N) is 1. The zero-order chi connectivity index (χ0) is 16.6. The van der Waals surface area contributed by atoms with E-state index >= 15 is 0 Å². The molecule has 3 rings (SSSR count). The van der Waals surface area contributed by atoms with E-state index in [2.05, 4.69) is 24.1 Å². The van der Waals surface area contributed by atoms with Crippen LogP contribution < -0.4 is 0 Å². The zero-order valence-electron chi connectivity index (χ0n) is 14.0. The van der Waals surface area contributed by atoms with Crippen LogP contribution in [0.15, 0.2) is 30.3 Å². The maximum Gasteiger partial charge on any atom is 0.411 e. The lowest BCUT2D eigenvalue weighted by molar-refractivity contribution is 0.0175. The number of fused-ring (bicyclic) bond motifs is 2. The Morgan fingerprint density at radius 3 is 2.78 bits per heavy atom.